The van der Waals surface area contributed by atoms with Gasteiger partial charge in [-0.1, -0.05) is 26.0 Å². The Bertz CT molecular complexity index is 349. The number of halogens is 1. The molecule has 1 aromatic rings. The van der Waals surface area contributed by atoms with Crippen molar-refractivity contribution in [3.8, 4) is 0 Å². The number of aryl methyl sites for hydroxylation is 1. The molecule has 0 radical (unpaired) electrons. The lowest BCUT2D eigenvalue weighted by molar-refractivity contribution is 0.131. The molecule has 0 aliphatic rings. The second-order valence-electron chi connectivity index (χ2n) is 4.65. The van der Waals surface area contributed by atoms with Gasteiger partial charge in [-0.2, -0.15) is 0 Å². The van der Waals surface area contributed by atoms with Crippen molar-refractivity contribution in [1.29, 1.82) is 0 Å². The van der Waals surface area contributed by atoms with Crippen molar-refractivity contribution < 1.29 is 9.50 Å². The Morgan fingerprint density at radius 3 is 2.53 bits per heavy atom. The summed E-state index contributed by atoms with van der Waals surface area (Å²) in [4.78, 5) is 0. The van der Waals surface area contributed by atoms with E-state index in [2.05, 4.69) is 0 Å². The van der Waals surface area contributed by atoms with Crippen LogP contribution in [0.5, 0.6) is 0 Å². The molecule has 3 N–H and O–H groups in total. The lowest BCUT2D eigenvalue weighted by atomic mass is 9.81. The Balaban J connectivity index is 3.06. The van der Waals surface area contributed by atoms with Gasteiger partial charge in [0.05, 0.1) is 0 Å². The normalized spacial score (nSPS) is 14.0. The Labute approximate surface area is 89.9 Å². The highest BCUT2D eigenvalue weighted by Crippen LogP contribution is 2.32. The first-order chi connectivity index (χ1) is 6.88. The summed E-state index contributed by atoms with van der Waals surface area (Å²) in [6, 6.07) is 4.48. The van der Waals surface area contributed by atoms with Crippen LogP contribution in [0, 0.1) is 18.2 Å². The van der Waals surface area contributed by atoms with Crippen LogP contribution in [0.3, 0.4) is 0 Å². The van der Waals surface area contributed by atoms with Crippen LogP contribution in [-0.4, -0.2) is 11.7 Å². The molecule has 1 rings (SSSR count). The third-order valence-electron chi connectivity index (χ3n) is 2.74. The average Bonchev–Trinajstić information content (AvgIpc) is 2.17. The molecule has 1 atom stereocenters. The number of benzene rings is 1. The Morgan fingerprint density at radius 1 is 1.47 bits per heavy atom. The summed E-state index contributed by atoms with van der Waals surface area (Å²) in [5.41, 5.74) is 6.74. The Morgan fingerprint density at radius 2 is 2.07 bits per heavy atom. The summed E-state index contributed by atoms with van der Waals surface area (Å²) >= 11 is 0. The lowest BCUT2D eigenvalue weighted by Crippen LogP contribution is -2.33. The monoisotopic (exact) mass is 211 g/mol. The van der Waals surface area contributed by atoms with E-state index in [0.29, 0.717) is 5.56 Å². The molecule has 3 heteroatoms. The maximum absolute atomic E-state index is 13.6. The van der Waals surface area contributed by atoms with Crippen molar-refractivity contribution >= 4 is 0 Å². The van der Waals surface area contributed by atoms with Crippen molar-refractivity contribution in [3.05, 3.63) is 35.1 Å². The van der Waals surface area contributed by atoms with Crippen molar-refractivity contribution in [2.24, 2.45) is 11.1 Å². The first-order valence-electron chi connectivity index (χ1n) is 5.01. The fraction of sp³-hybridized carbons (Fsp3) is 0.500. The van der Waals surface area contributed by atoms with Gasteiger partial charge in [0, 0.05) is 23.6 Å². The van der Waals surface area contributed by atoms with Crippen LogP contribution in [0.15, 0.2) is 18.2 Å². The van der Waals surface area contributed by atoms with Gasteiger partial charge < -0.3 is 10.8 Å². The van der Waals surface area contributed by atoms with Gasteiger partial charge in [0.1, 0.15) is 5.82 Å². The number of hydrogen-bond donors (Lipinski definition) is 2. The molecule has 1 aromatic carbocycles. The van der Waals surface area contributed by atoms with Crippen LogP contribution in [0.4, 0.5) is 4.39 Å². The Hall–Kier alpha value is -0.930. The van der Waals surface area contributed by atoms with Gasteiger partial charge in [-0.05, 0) is 18.6 Å². The topological polar surface area (TPSA) is 46.2 Å². The van der Waals surface area contributed by atoms with Crippen LogP contribution >= 0.6 is 0 Å². The maximum Gasteiger partial charge on any atom is 0.128 e. The molecule has 0 unspecified atom stereocenters. The number of nitrogens with two attached hydrogens (primary N) is 1. The number of aliphatic hydroxyl groups is 1. The van der Waals surface area contributed by atoms with E-state index in [4.69, 9.17) is 10.8 Å². The zero-order chi connectivity index (χ0) is 11.6. The van der Waals surface area contributed by atoms with Gasteiger partial charge >= 0.3 is 0 Å². The smallest absolute Gasteiger partial charge is 0.128 e. The molecular formula is C12H18FNO. The molecule has 0 aromatic heterocycles. The largest absolute Gasteiger partial charge is 0.396 e. The highest BCUT2D eigenvalue weighted by atomic mass is 19.1. The minimum Gasteiger partial charge on any atom is -0.396 e. The summed E-state index contributed by atoms with van der Waals surface area (Å²) in [7, 11) is 0. The fourth-order valence-electron chi connectivity index (χ4n) is 1.40. The van der Waals surface area contributed by atoms with Crippen molar-refractivity contribution in [3.63, 3.8) is 0 Å². The molecule has 0 saturated carbocycles. The molecule has 0 aliphatic carbocycles. The average molecular weight is 211 g/mol. The number of hydrogen-bond acceptors (Lipinski definition) is 2. The van der Waals surface area contributed by atoms with Crippen molar-refractivity contribution in [2.45, 2.75) is 26.8 Å². The van der Waals surface area contributed by atoms with Crippen LogP contribution in [-0.2, 0) is 0 Å². The summed E-state index contributed by atoms with van der Waals surface area (Å²) in [5.74, 6) is -0.302. The molecule has 0 fully saturated rings. The van der Waals surface area contributed by atoms with E-state index >= 15 is 0 Å². The minimum absolute atomic E-state index is 0.0680. The SMILES string of the molecule is Cc1ccc([C@H](N)C(C)(C)CO)c(F)c1. The summed E-state index contributed by atoms with van der Waals surface area (Å²) in [6.07, 6.45) is 0. The molecule has 0 spiro atoms. The molecule has 0 heterocycles. The van der Waals surface area contributed by atoms with Crippen molar-refractivity contribution in [2.75, 3.05) is 6.61 Å². The van der Waals surface area contributed by atoms with E-state index in [9.17, 15) is 4.39 Å². The van der Waals surface area contributed by atoms with E-state index < -0.39 is 11.5 Å². The summed E-state index contributed by atoms with van der Waals surface area (Å²) < 4.78 is 13.6. The first kappa shape index (κ1) is 12.1. The molecule has 0 amide bonds. The molecule has 0 saturated heterocycles. The predicted octanol–water partition coefficient (Wildman–Crippen LogP) is 2.15. The van der Waals surface area contributed by atoms with Crippen molar-refractivity contribution in [1.82, 2.24) is 0 Å². The third kappa shape index (κ3) is 2.55. The fourth-order valence-corrected chi connectivity index (χ4v) is 1.40. The van der Waals surface area contributed by atoms with Crippen LogP contribution in [0.2, 0.25) is 0 Å². The predicted molar refractivity (Wildman–Crippen MR) is 58.9 cm³/mol. The van der Waals surface area contributed by atoms with Gasteiger partial charge in [0.2, 0.25) is 0 Å². The van der Waals surface area contributed by atoms with E-state index in [1.165, 1.54) is 6.07 Å². The minimum atomic E-state index is -0.518. The van der Waals surface area contributed by atoms with Gasteiger partial charge in [0.25, 0.3) is 0 Å². The second-order valence-corrected chi connectivity index (χ2v) is 4.65. The van der Waals surface area contributed by atoms with Gasteiger partial charge in [-0.15, -0.1) is 0 Å². The number of aliphatic hydroxyl groups excluding tert-OH is 1. The standard InChI is InChI=1S/C12H18FNO/c1-8-4-5-9(10(13)6-8)11(14)12(2,3)7-15/h4-6,11,15H,7,14H2,1-3H3/t11-/m0/s1. The Kier molecular flexibility index (Phi) is 3.47. The van der Waals surface area contributed by atoms with Gasteiger partial charge in [-0.25, -0.2) is 4.39 Å². The van der Waals surface area contributed by atoms with E-state index in [0.717, 1.165) is 5.56 Å². The molecule has 0 bridgehead atoms. The summed E-state index contributed by atoms with van der Waals surface area (Å²) in [6.45, 7) is 5.39. The molecule has 84 valence electrons. The van der Waals surface area contributed by atoms with E-state index in [1.54, 1.807) is 6.07 Å². The van der Waals surface area contributed by atoms with Crippen LogP contribution in [0.25, 0.3) is 0 Å². The zero-order valence-electron chi connectivity index (χ0n) is 9.42. The molecular weight excluding hydrogens is 193 g/mol. The second kappa shape index (κ2) is 4.29. The highest BCUT2D eigenvalue weighted by Gasteiger charge is 2.28. The van der Waals surface area contributed by atoms with E-state index in [1.807, 2.05) is 26.8 Å². The van der Waals surface area contributed by atoms with Crippen LogP contribution < -0.4 is 5.73 Å². The van der Waals surface area contributed by atoms with Crippen LogP contribution in [0.1, 0.15) is 31.0 Å². The maximum atomic E-state index is 13.6. The zero-order valence-corrected chi connectivity index (χ0v) is 9.42. The highest BCUT2D eigenvalue weighted by molar-refractivity contribution is 5.27. The summed E-state index contributed by atoms with van der Waals surface area (Å²) in [5, 5.41) is 9.17. The van der Waals surface area contributed by atoms with Gasteiger partial charge in [-0.3, -0.25) is 0 Å². The first-order valence-corrected chi connectivity index (χ1v) is 5.01. The lowest BCUT2D eigenvalue weighted by Gasteiger charge is -2.30. The van der Waals surface area contributed by atoms with E-state index in [-0.39, 0.29) is 12.4 Å². The quantitative estimate of drug-likeness (QED) is 0.804. The molecule has 0 aliphatic heterocycles. The third-order valence-corrected chi connectivity index (χ3v) is 2.74. The number of rotatable bonds is 3. The molecule has 15 heavy (non-hydrogen) atoms. The molecule has 2 nitrogen and oxygen atoms in total. The van der Waals surface area contributed by atoms with Gasteiger partial charge in [0.15, 0.2) is 0 Å².